The number of piperidine rings is 1. The summed E-state index contributed by atoms with van der Waals surface area (Å²) in [5.41, 5.74) is 6.31. The number of carbonyl (C=O) groups excluding carboxylic acids is 2. The highest BCUT2D eigenvalue weighted by atomic mass is 16.2. The summed E-state index contributed by atoms with van der Waals surface area (Å²) in [5, 5.41) is 6.21. The van der Waals surface area contributed by atoms with Crippen LogP contribution in [0.1, 0.15) is 25.3 Å². The standard InChI is InChI=1S/C15H21N3O2/c1-15(6-8-17-9-7-15)14(20)18-12-5-3-2-4-11(12)10-13(16)19/h2-5,17H,6-10H2,1H3,(H2,16,19)(H,18,20). The first kappa shape index (κ1) is 14.5. The van der Waals surface area contributed by atoms with E-state index in [-0.39, 0.29) is 17.7 Å². The highest BCUT2D eigenvalue weighted by Gasteiger charge is 2.34. The summed E-state index contributed by atoms with van der Waals surface area (Å²) in [4.78, 5) is 23.5. The monoisotopic (exact) mass is 275 g/mol. The third kappa shape index (κ3) is 3.36. The molecule has 1 saturated heterocycles. The quantitative estimate of drug-likeness (QED) is 0.767. The lowest BCUT2D eigenvalue weighted by molar-refractivity contribution is -0.126. The second-order valence-corrected chi connectivity index (χ2v) is 5.57. The van der Waals surface area contributed by atoms with Crippen LogP contribution in [-0.4, -0.2) is 24.9 Å². The number of primary amides is 1. The van der Waals surface area contributed by atoms with Crippen molar-refractivity contribution in [2.45, 2.75) is 26.2 Å². The molecule has 2 amide bonds. The normalized spacial score (nSPS) is 17.4. The van der Waals surface area contributed by atoms with Gasteiger partial charge < -0.3 is 16.4 Å². The fourth-order valence-corrected chi connectivity index (χ4v) is 2.46. The van der Waals surface area contributed by atoms with Gasteiger partial charge >= 0.3 is 0 Å². The van der Waals surface area contributed by atoms with Gasteiger partial charge in [-0.1, -0.05) is 25.1 Å². The molecule has 20 heavy (non-hydrogen) atoms. The Hall–Kier alpha value is -1.88. The second kappa shape index (κ2) is 6.05. The summed E-state index contributed by atoms with van der Waals surface area (Å²) >= 11 is 0. The SMILES string of the molecule is CC1(C(=O)Nc2ccccc2CC(N)=O)CCNCC1. The van der Waals surface area contributed by atoms with E-state index >= 15 is 0 Å². The molecule has 0 atom stereocenters. The number of hydrogen-bond acceptors (Lipinski definition) is 3. The Balaban J connectivity index is 2.13. The zero-order valence-electron chi connectivity index (χ0n) is 11.7. The molecule has 2 rings (SSSR count). The molecule has 0 spiro atoms. The minimum absolute atomic E-state index is 0.0101. The smallest absolute Gasteiger partial charge is 0.230 e. The van der Waals surface area contributed by atoms with E-state index in [1.54, 1.807) is 6.07 Å². The average molecular weight is 275 g/mol. The van der Waals surface area contributed by atoms with Gasteiger partial charge in [-0.3, -0.25) is 9.59 Å². The van der Waals surface area contributed by atoms with Gasteiger partial charge in [-0.15, -0.1) is 0 Å². The predicted molar refractivity (Wildman–Crippen MR) is 78.2 cm³/mol. The Bertz CT molecular complexity index is 508. The van der Waals surface area contributed by atoms with Crippen molar-refractivity contribution in [3.63, 3.8) is 0 Å². The number of para-hydroxylation sites is 1. The summed E-state index contributed by atoms with van der Waals surface area (Å²) in [6.45, 7) is 3.69. The average Bonchev–Trinajstić information content (AvgIpc) is 2.41. The summed E-state index contributed by atoms with van der Waals surface area (Å²) in [7, 11) is 0. The minimum atomic E-state index is -0.403. The Morgan fingerprint density at radius 1 is 1.30 bits per heavy atom. The first-order valence-corrected chi connectivity index (χ1v) is 6.90. The van der Waals surface area contributed by atoms with Gasteiger partial charge in [0.1, 0.15) is 0 Å². The molecule has 0 bridgehead atoms. The van der Waals surface area contributed by atoms with Crippen molar-refractivity contribution in [2.24, 2.45) is 11.1 Å². The molecule has 5 heteroatoms. The van der Waals surface area contributed by atoms with Crippen LogP contribution in [-0.2, 0) is 16.0 Å². The number of anilines is 1. The molecule has 1 heterocycles. The molecular formula is C15H21N3O2. The van der Waals surface area contributed by atoms with Crippen molar-refractivity contribution in [1.82, 2.24) is 5.32 Å². The minimum Gasteiger partial charge on any atom is -0.369 e. The lowest BCUT2D eigenvalue weighted by atomic mass is 9.80. The molecule has 4 N–H and O–H groups in total. The Morgan fingerprint density at radius 3 is 2.60 bits per heavy atom. The Labute approximate surface area is 118 Å². The van der Waals surface area contributed by atoms with E-state index in [4.69, 9.17) is 5.73 Å². The van der Waals surface area contributed by atoms with Gasteiger partial charge in [-0.05, 0) is 37.6 Å². The van der Waals surface area contributed by atoms with Crippen molar-refractivity contribution in [1.29, 1.82) is 0 Å². The predicted octanol–water partition coefficient (Wildman–Crippen LogP) is 1.04. The topological polar surface area (TPSA) is 84.2 Å². The van der Waals surface area contributed by atoms with E-state index in [1.165, 1.54) is 0 Å². The van der Waals surface area contributed by atoms with Crippen molar-refractivity contribution in [3.05, 3.63) is 29.8 Å². The van der Waals surface area contributed by atoms with E-state index in [2.05, 4.69) is 10.6 Å². The molecule has 1 aliphatic heterocycles. The van der Waals surface area contributed by atoms with Crippen LogP contribution in [0.25, 0.3) is 0 Å². The zero-order chi connectivity index (χ0) is 14.6. The van der Waals surface area contributed by atoms with Gasteiger partial charge in [0.25, 0.3) is 0 Å². The third-order valence-electron chi connectivity index (χ3n) is 3.89. The number of amides is 2. The highest BCUT2D eigenvalue weighted by Crippen LogP contribution is 2.30. The van der Waals surface area contributed by atoms with Crippen LogP contribution in [0.4, 0.5) is 5.69 Å². The molecule has 5 nitrogen and oxygen atoms in total. The summed E-state index contributed by atoms with van der Waals surface area (Å²) < 4.78 is 0. The lowest BCUT2D eigenvalue weighted by Crippen LogP contribution is -2.43. The molecule has 108 valence electrons. The summed E-state index contributed by atoms with van der Waals surface area (Å²) in [5.74, 6) is -0.393. The molecule has 0 aliphatic carbocycles. The van der Waals surface area contributed by atoms with Crippen molar-refractivity contribution >= 4 is 17.5 Å². The van der Waals surface area contributed by atoms with Crippen molar-refractivity contribution < 1.29 is 9.59 Å². The summed E-state index contributed by atoms with van der Waals surface area (Å²) in [6.07, 6.45) is 1.77. The number of benzene rings is 1. The summed E-state index contributed by atoms with van der Waals surface area (Å²) in [6, 6.07) is 7.29. The number of carbonyl (C=O) groups is 2. The molecule has 1 aromatic rings. The fourth-order valence-electron chi connectivity index (χ4n) is 2.46. The first-order chi connectivity index (χ1) is 9.51. The zero-order valence-corrected chi connectivity index (χ0v) is 11.7. The fraction of sp³-hybridized carbons (Fsp3) is 0.467. The first-order valence-electron chi connectivity index (χ1n) is 6.90. The molecule has 0 aromatic heterocycles. The highest BCUT2D eigenvalue weighted by molar-refractivity contribution is 5.96. The van der Waals surface area contributed by atoms with E-state index in [9.17, 15) is 9.59 Å². The molecule has 0 radical (unpaired) electrons. The van der Waals surface area contributed by atoms with Crippen molar-refractivity contribution in [2.75, 3.05) is 18.4 Å². The van der Waals surface area contributed by atoms with Crippen LogP contribution in [0.3, 0.4) is 0 Å². The third-order valence-corrected chi connectivity index (χ3v) is 3.89. The van der Waals surface area contributed by atoms with Gasteiger partial charge in [0, 0.05) is 11.1 Å². The molecule has 1 aromatic carbocycles. The maximum absolute atomic E-state index is 12.5. The molecule has 1 fully saturated rings. The Kier molecular flexibility index (Phi) is 4.39. The number of nitrogens with one attached hydrogen (secondary N) is 2. The van der Waals surface area contributed by atoms with Crippen molar-refractivity contribution in [3.8, 4) is 0 Å². The van der Waals surface area contributed by atoms with Gasteiger partial charge in [-0.2, -0.15) is 0 Å². The molecule has 1 aliphatic rings. The van der Waals surface area contributed by atoms with Gasteiger partial charge in [-0.25, -0.2) is 0 Å². The second-order valence-electron chi connectivity index (χ2n) is 5.57. The van der Waals surface area contributed by atoms with Crippen LogP contribution < -0.4 is 16.4 Å². The largest absolute Gasteiger partial charge is 0.369 e. The molecular weight excluding hydrogens is 254 g/mol. The van der Waals surface area contributed by atoms with E-state index in [0.29, 0.717) is 5.69 Å². The van der Waals surface area contributed by atoms with Crippen LogP contribution in [0.5, 0.6) is 0 Å². The van der Waals surface area contributed by atoms with E-state index in [0.717, 1.165) is 31.5 Å². The van der Waals surface area contributed by atoms with E-state index in [1.807, 2.05) is 25.1 Å². The number of rotatable bonds is 4. The van der Waals surface area contributed by atoms with E-state index < -0.39 is 5.91 Å². The van der Waals surface area contributed by atoms with Crippen LogP contribution in [0.2, 0.25) is 0 Å². The molecule has 0 unspecified atom stereocenters. The lowest BCUT2D eigenvalue weighted by Gasteiger charge is -2.32. The van der Waals surface area contributed by atoms with Gasteiger partial charge in [0.2, 0.25) is 11.8 Å². The van der Waals surface area contributed by atoms with Gasteiger partial charge in [0.15, 0.2) is 0 Å². The Morgan fingerprint density at radius 2 is 1.95 bits per heavy atom. The number of nitrogens with two attached hydrogens (primary N) is 1. The van der Waals surface area contributed by atoms with Crippen LogP contribution in [0, 0.1) is 5.41 Å². The maximum Gasteiger partial charge on any atom is 0.230 e. The van der Waals surface area contributed by atoms with Crippen LogP contribution in [0.15, 0.2) is 24.3 Å². The molecule has 0 saturated carbocycles. The van der Waals surface area contributed by atoms with Crippen LogP contribution >= 0.6 is 0 Å². The number of hydrogen-bond donors (Lipinski definition) is 3. The van der Waals surface area contributed by atoms with Gasteiger partial charge in [0.05, 0.1) is 6.42 Å². The maximum atomic E-state index is 12.5.